The molecule has 0 aromatic rings. The highest BCUT2D eigenvalue weighted by Gasteiger charge is 2.35. The molecule has 0 aliphatic heterocycles. The van der Waals surface area contributed by atoms with Crippen LogP contribution >= 0.6 is 0 Å². The zero-order chi connectivity index (χ0) is 12.6. The van der Waals surface area contributed by atoms with Crippen molar-refractivity contribution < 1.29 is 4.74 Å². The van der Waals surface area contributed by atoms with E-state index in [1.54, 1.807) is 0 Å². The van der Waals surface area contributed by atoms with Gasteiger partial charge in [-0.3, -0.25) is 0 Å². The number of unbranched alkanes of at least 4 members (excludes halogenated alkanes) is 2. The summed E-state index contributed by atoms with van der Waals surface area (Å²) in [6.07, 6.45) is 9.00. The van der Waals surface area contributed by atoms with Gasteiger partial charge in [0.25, 0.3) is 0 Å². The zero-order valence-corrected chi connectivity index (χ0v) is 12.1. The molecular formula is C15H31NO. The van der Waals surface area contributed by atoms with Gasteiger partial charge in [0.1, 0.15) is 0 Å². The van der Waals surface area contributed by atoms with E-state index in [-0.39, 0.29) is 5.60 Å². The molecule has 1 aliphatic carbocycles. The average molecular weight is 241 g/mol. The van der Waals surface area contributed by atoms with E-state index in [9.17, 15) is 0 Å². The maximum absolute atomic E-state index is 6.28. The standard InChI is InChI=1S/C15H31NO/c1-4-6-7-11-17-15(13-16-5-2)10-8-9-14(3)12-15/h14,16H,4-13H2,1-3H3. The van der Waals surface area contributed by atoms with E-state index in [1.807, 2.05) is 0 Å². The van der Waals surface area contributed by atoms with E-state index >= 15 is 0 Å². The van der Waals surface area contributed by atoms with E-state index < -0.39 is 0 Å². The van der Waals surface area contributed by atoms with Gasteiger partial charge in [-0.2, -0.15) is 0 Å². The summed E-state index contributed by atoms with van der Waals surface area (Å²) in [6.45, 7) is 9.84. The molecule has 2 heteroatoms. The molecule has 0 bridgehead atoms. The summed E-state index contributed by atoms with van der Waals surface area (Å²) in [5.41, 5.74) is 0.140. The minimum absolute atomic E-state index is 0.140. The lowest BCUT2D eigenvalue weighted by molar-refractivity contribution is -0.0801. The van der Waals surface area contributed by atoms with Crippen LogP contribution in [-0.2, 0) is 4.74 Å². The third-order valence-corrected chi connectivity index (χ3v) is 3.90. The molecule has 1 aliphatic rings. The molecule has 1 saturated carbocycles. The molecule has 2 unspecified atom stereocenters. The van der Waals surface area contributed by atoms with Crippen molar-refractivity contribution in [3.63, 3.8) is 0 Å². The lowest BCUT2D eigenvalue weighted by Gasteiger charge is -2.40. The molecule has 0 heterocycles. The molecule has 0 amide bonds. The number of ether oxygens (including phenoxy) is 1. The Bertz CT molecular complexity index is 195. The smallest absolute Gasteiger partial charge is 0.0808 e. The first-order chi connectivity index (χ1) is 8.22. The molecule has 0 aromatic heterocycles. The van der Waals surface area contributed by atoms with Crippen molar-refractivity contribution in [2.45, 2.75) is 71.3 Å². The molecule has 1 N–H and O–H groups in total. The van der Waals surface area contributed by atoms with Crippen molar-refractivity contribution in [2.75, 3.05) is 19.7 Å². The second-order valence-electron chi connectivity index (χ2n) is 5.72. The van der Waals surface area contributed by atoms with Crippen LogP contribution in [0.5, 0.6) is 0 Å². The van der Waals surface area contributed by atoms with Crippen molar-refractivity contribution in [1.82, 2.24) is 5.32 Å². The van der Waals surface area contributed by atoms with Crippen molar-refractivity contribution in [1.29, 1.82) is 0 Å². The first kappa shape index (κ1) is 15.0. The van der Waals surface area contributed by atoms with Gasteiger partial charge in [-0.25, -0.2) is 0 Å². The van der Waals surface area contributed by atoms with Crippen LogP contribution in [0.3, 0.4) is 0 Å². The first-order valence-corrected chi connectivity index (χ1v) is 7.57. The normalized spacial score (nSPS) is 29.5. The van der Waals surface area contributed by atoms with Crippen LogP contribution in [0, 0.1) is 5.92 Å². The fourth-order valence-corrected chi connectivity index (χ4v) is 2.95. The monoisotopic (exact) mass is 241 g/mol. The fourth-order valence-electron chi connectivity index (χ4n) is 2.95. The molecule has 0 aromatic carbocycles. The fraction of sp³-hybridized carbons (Fsp3) is 1.00. The zero-order valence-electron chi connectivity index (χ0n) is 12.1. The molecule has 0 spiro atoms. The average Bonchev–Trinajstić information content (AvgIpc) is 2.33. The van der Waals surface area contributed by atoms with Crippen LogP contribution in [0.4, 0.5) is 0 Å². The van der Waals surface area contributed by atoms with Crippen LogP contribution in [0.25, 0.3) is 0 Å². The predicted molar refractivity (Wildman–Crippen MR) is 74.4 cm³/mol. The van der Waals surface area contributed by atoms with E-state index in [1.165, 1.54) is 44.9 Å². The predicted octanol–water partition coefficient (Wildman–Crippen LogP) is 3.75. The number of hydrogen-bond acceptors (Lipinski definition) is 2. The van der Waals surface area contributed by atoms with Crippen molar-refractivity contribution in [2.24, 2.45) is 5.92 Å². The van der Waals surface area contributed by atoms with E-state index in [0.29, 0.717) is 0 Å². The molecule has 17 heavy (non-hydrogen) atoms. The molecule has 1 rings (SSSR count). The second kappa shape index (κ2) is 8.10. The second-order valence-corrected chi connectivity index (χ2v) is 5.72. The third-order valence-electron chi connectivity index (χ3n) is 3.90. The first-order valence-electron chi connectivity index (χ1n) is 7.57. The Morgan fingerprint density at radius 3 is 2.76 bits per heavy atom. The van der Waals surface area contributed by atoms with E-state index in [2.05, 4.69) is 26.1 Å². The lowest BCUT2D eigenvalue weighted by atomic mass is 9.78. The van der Waals surface area contributed by atoms with Crippen LogP contribution in [0.15, 0.2) is 0 Å². The van der Waals surface area contributed by atoms with Crippen molar-refractivity contribution >= 4 is 0 Å². The van der Waals surface area contributed by atoms with Gasteiger partial charge >= 0.3 is 0 Å². The number of hydrogen-bond donors (Lipinski definition) is 1. The third kappa shape index (κ3) is 5.39. The summed E-state index contributed by atoms with van der Waals surface area (Å²) in [5.74, 6) is 0.827. The van der Waals surface area contributed by atoms with Gasteiger partial charge < -0.3 is 10.1 Å². The van der Waals surface area contributed by atoms with Gasteiger partial charge in [0.05, 0.1) is 5.60 Å². The topological polar surface area (TPSA) is 21.3 Å². The Hall–Kier alpha value is -0.0800. The quantitative estimate of drug-likeness (QED) is 0.653. The van der Waals surface area contributed by atoms with Gasteiger partial charge in [-0.1, -0.05) is 46.5 Å². The molecular weight excluding hydrogens is 210 g/mol. The SMILES string of the molecule is CCCCCOC1(CNCC)CCCC(C)C1. The highest BCUT2D eigenvalue weighted by atomic mass is 16.5. The Kier molecular flexibility index (Phi) is 7.14. The molecule has 2 nitrogen and oxygen atoms in total. The minimum atomic E-state index is 0.140. The van der Waals surface area contributed by atoms with Crippen LogP contribution in [0.2, 0.25) is 0 Å². The Morgan fingerprint density at radius 2 is 2.12 bits per heavy atom. The highest BCUT2D eigenvalue weighted by molar-refractivity contribution is 4.89. The van der Waals surface area contributed by atoms with E-state index in [0.717, 1.165) is 25.6 Å². The van der Waals surface area contributed by atoms with Gasteiger partial charge in [-0.05, 0) is 31.7 Å². The Balaban J connectivity index is 2.40. The largest absolute Gasteiger partial charge is 0.374 e. The number of likely N-dealkylation sites (N-methyl/N-ethyl adjacent to an activating group) is 1. The molecule has 2 atom stereocenters. The number of rotatable bonds is 8. The highest BCUT2D eigenvalue weighted by Crippen LogP contribution is 2.35. The molecule has 0 saturated heterocycles. The van der Waals surface area contributed by atoms with E-state index in [4.69, 9.17) is 4.74 Å². The number of nitrogens with one attached hydrogen (secondary N) is 1. The van der Waals surface area contributed by atoms with Crippen molar-refractivity contribution in [3.8, 4) is 0 Å². The van der Waals surface area contributed by atoms with Gasteiger partial charge in [-0.15, -0.1) is 0 Å². The van der Waals surface area contributed by atoms with Crippen LogP contribution < -0.4 is 5.32 Å². The summed E-state index contributed by atoms with van der Waals surface area (Å²) in [7, 11) is 0. The molecule has 102 valence electrons. The Morgan fingerprint density at radius 1 is 1.29 bits per heavy atom. The van der Waals surface area contributed by atoms with Crippen LogP contribution in [0.1, 0.15) is 65.7 Å². The summed E-state index contributed by atoms with van der Waals surface area (Å²) in [5, 5.41) is 3.50. The Labute approximate surface area is 108 Å². The minimum Gasteiger partial charge on any atom is -0.374 e. The molecule has 0 radical (unpaired) electrons. The van der Waals surface area contributed by atoms with Gasteiger partial charge in [0.2, 0.25) is 0 Å². The van der Waals surface area contributed by atoms with Gasteiger partial charge in [0, 0.05) is 13.2 Å². The summed E-state index contributed by atoms with van der Waals surface area (Å²) in [6, 6.07) is 0. The maximum atomic E-state index is 6.28. The van der Waals surface area contributed by atoms with Crippen molar-refractivity contribution in [3.05, 3.63) is 0 Å². The summed E-state index contributed by atoms with van der Waals surface area (Å²) in [4.78, 5) is 0. The van der Waals surface area contributed by atoms with Crippen LogP contribution in [-0.4, -0.2) is 25.3 Å². The summed E-state index contributed by atoms with van der Waals surface area (Å²) < 4.78 is 6.28. The molecule has 1 fully saturated rings. The summed E-state index contributed by atoms with van der Waals surface area (Å²) >= 11 is 0. The van der Waals surface area contributed by atoms with Gasteiger partial charge in [0.15, 0.2) is 0 Å². The maximum Gasteiger partial charge on any atom is 0.0808 e. The lowest BCUT2D eigenvalue weighted by Crippen LogP contribution is -2.46.